The Bertz CT molecular complexity index is 1320. The summed E-state index contributed by atoms with van der Waals surface area (Å²) >= 11 is 7.12. The molecule has 0 saturated carbocycles. The molecule has 0 unspecified atom stereocenters. The largest absolute Gasteiger partial charge is 0.493 e. The molecule has 4 rings (SSSR count). The van der Waals surface area contributed by atoms with E-state index >= 15 is 0 Å². The minimum atomic E-state index is -0.695. The standard InChI is InChI=1S/C25H25ClN4O5S/c1-5-35-23(32)20-14(2)27-24-28-25(36-13-18(31)15-9-11-16(26)12-10-15)29-30(24)21(20)17-7-6-8-19(33-3)22(17)34-4/h6-12,21H,5,13H2,1-4H3,(H,27,28,29)/t21-/m0/s1. The van der Waals surface area contributed by atoms with Gasteiger partial charge in [-0.25, -0.2) is 9.48 Å². The first-order chi connectivity index (χ1) is 17.4. The highest BCUT2D eigenvalue weighted by molar-refractivity contribution is 7.99. The lowest BCUT2D eigenvalue weighted by Gasteiger charge is -2.29. The molecule has 1 aromatic heterocycles. The van der Waals surface area contributed by atoms with Crippen LogP contribution in [0.15, 0.2) is 58.9 Å². The highest BCUT2D eigenvalue weighted by Gasteiger charge is 2.37. The van der Waals surface area contributed by atoms with Crippen LogP contribution in [0.2, 0.25) is 5.02 Å². The molecule has 188 valence electrons. The summed E-state index contributed by atoms with van der Waals surface area (Å²) in [5.41, 5.74) is 2.16. The lowest BCUT2D eigenvalue weighted by Crippen LogP contribution is -2.30. The van der Waals surface area contributed by atoms with Gasteiger partial charge in [-0.05, 0) is 44.2 Å². The second-order valence-electron chi connectivity index (χ2n) is 7.75. The number of hydrogen-bond acceptors (Lipinski definition) is 9. The Balaban J connectivity index is 1.71. The van der Waals surface area contributed by atoms with Gasteiger partial charge in [0.1, 0.15) is 6.04 Å². The van der Waals surface area contributed by atoms with E-state index in [2.05, 4.69) is 15.4 Å². The Morgan fingerprint density at radius 1 is 1.14 bits per heavy atom. The lowest BCUT2D eigenvalue weighted by atomic mass is 9.94. The summed E-state index contributed by atoms with van der Waals surface area (Å²) in [6.07, 6.45) is 0. The van der Waals surface area contributed by atoms with E-state index in [1.807, 2.05) is 12.1 Å². The number of halogens is 1. The number of esters is 1. The van der Waals surface area contributed by atoms with Crippen LogP contribution in [0, 0.1) is 0 Å². The van der Waals surface area contributed by atoms with Crippen molar-refractivity contribution in [2.45, 2.75) is 25.0 Å². The monoisotopic (exact) mass is 528 g/mol. The minimum Gasteiger partial charge on any atom is -0.493 e. The zero-order valence-electron chi connectivity index (χ0n) is 20.2. The zero-order chi connectivity index (χ0) is 25.8. The molecule has 0 amide bonds. The van der Waals surface area contributed by atoms with Gasteiger partial charge in [0.05, 0.1) is 32.2 Å². The van der Waals surface area contributed by atoms with E-state index in [0.29, 0.717) is 50.0 Å². The number of benzene rings is 2. The quantitative estimate of drug-likeness (QED) is 0.239. The fourth-order valence-corrected chi connectivity index (χ4v) is 4.78. The summed E-state index contributed by atoms with van der Waals surface area (Å²) in [5, 5.41) is 8.73. The van der Waals surface area contributed by atoms with Gasteiger partial charge in [-0.3, -0.25) is 4.79 Å². The third-order valence-corrected chi connectivity index (χ3v) is 6.64. The molecule has 0 saturated heterocycles. The predicted octanol–water partition coefficient (Wildman–Crippen LogP) is 4.78. The molecular formula is C25H25ClN4O5S. The molecule has 0 aliphatic carbocycles. The first-order valence-corrected chi connectivity index (χ1v) is 12.5. The Hall–Kier alpha value is -3.50. The number of Topliss-reactive ketones (excluding diaryl/α,β-unsaturated/α-hetero) is 1. The summed E-state index contributed by atoms with van der Waals surface area (Å²) in [4.78, 5) is 30.2. The van der Waals surface area contributed by atoms with Gasteiger partial charge in [0.25, 0.3) is 0 Å². The Labute approximate surface area is 217 Å². The number of rotatable bonds is 9. The Morgan fingerprint density at radius 2 is 1.89 bits per heavy atom. The number of ether oxygens (including phenoxy) is 3. The molecule has 1 aliphatic rings. The normalized spacial score (nSPS) is 14.6. The molecular weight excluding hydrogens is 504 g/mol. The number of para-hydroxylation sites is 1. The molecule has 0 spiro atoms. The van der Waals surface area contributed by atoms with Crippen molar-refractivity contribution in [3.63, 3.8) is 0 Å². The van der Waals surface area contributed by atoms with Crippen molar-refractivity contribution in [2.24, 2.45) is 0 Å². The van der Waals surface area contributed by atoms with Gasteiger partial charge in [-0.15, -0.1) is 5.10 Å². The number of nitrogens with zero attached hydrogens (tertiary/aromatic N) is 3. The van der Waals surface area contributed by atoms with Gasteiger partial charge in [0, 0.05) is 21.8 Å². The summed E-state index contributed by atoms with van der Waals surface area (Å²) < 4.78 is 18.1. The van der Waals surface area contributed by atoms with Gasteiger partial charge in [-0.1, -0.05) is 35.5 Å². The molecule has 2 heterocycles. The summed E-state index contributed by atoms with van der Waals surface area (Å²) in [7, 11) is 3.08. The molecule has 9 nitrogen and oxygen atoms in total. The van der Waals surface area contributed by atoms with Crippen molar-refractivity contribution >= 4 is 41.1 Å². The van der Waals surface area contributed by atoms with Crippen LogP contribution in [0.25, 0.3) is 0 Å². The SMILES string of the molecule is CCOC(=O)C1=C(C)Nc2nc(SCC(=O)c3ccc(Cl)cc3)nn2[C@H]1c1cccc(OC)c1OC. The maximum absolute atomic E-state index is 13.0. The van der Waals surface area contributed by atoms with Crippen LogP contribution in [0.4, 0.5) is 5.95 Å². The summed E-state index contributed by atoms with van der Waals surface area (Å²) in [6, 6.07) is 11.4. The van der Waals surface area contributed by atoms with E-state index in [1.54, 1.807) is 56.0 Å². The Morgan fingerprint density at radius 3 is 2.56 bits per heavy atom. The van der Waals surface area contributed by atoms with Crippen LogP contribution in [0.5, 0.6) is 11.5 Å². The molecule has 1 N–H and O–H groups in total. The van der Waals surface area contributed by atoms with E-state index in [-0.39, 0.29) is 18.1 Å². The molecule has 0 radical (unpaired) electrons. The average Bonchev–Trinajstić information content (AvgIpc) is 3.28. The number of methoxy groups -OCH3 is 2. The fourth-order valence-electron chi connectivity index (χ4n) is 3.93. The van der Waals surface area contributed by atoms with Crippen LogP contribution in [-0.2, 0) is 9.53 Å². The van der Waals surface area contributed by atoms with Crippen LogP contribution >= 0.6 is 23.4 Å². The number of nitrogens with one attached hydrogen (secondary N) is 1. The number of thioether (sulfide) groups is 1. The summed E-state index contributed by atoms with van der Waals surface area (Å²) in [5.74, 6) is 0.983. The number of carbonyl (C=O) groups excluding carboxylic acids is 2. The van der Waals surface area contributed by atoms with Crippen molar-refractivity contribution in [3.8, 4) is 11.5 Å². The van der Waals surface area contributed by atoms with Crippen molar-refractivity contribution in [1.82, 2.24) is 14.8 Å². The van der Waals surface area contributed by atoms with Gasteiger partial charge in [0.15, 0.2) is 17.3 Å². The number of anilines is 1. The van der Waals surface area contributed by atoms with Gasteiger partial charge in [0.2, 0.25) is 11.1 Å². The van der Waals surface area contributed by atoms with E-state index in [1.165, 1.54) is 18.9 Å². The van der Waals surface area contributed by atoms with E-state index in [4.69, 9.17) is 25.8 Å². The van der Waals surface area contributed by atoms with E-state index < -0.39 is 12.0 Å². The Kier molecular flexibility index (Phi) is 7.85. The highest BCUT2D eigenvalue weighted by Crippen LogP contribution is 2.43. The molecule has 0 fully saturated rings. The first-order valence-electron chi connectivity index (χ1n) is 11.1. The lowest BCUT2D eigenvalue weighted by molar-refractivity contribution is -0.139. The fraction of sp³-hybridized carbons (Fsp3) is 0.280. The van der Waals surface area contributed by atoms with Crippen LogP contribution < -0.4 is 14.8 Å². The molecule has 1 aliphatic heterocycles. The van der Waals surface area contributed by atoms with Gasteiger partial charge >= 0.3 is 5.97 Å². The average molecular weight is 529 g/mol. The smallest absolute Gasteiger partial charge is 0.338 e. The van der Waals surface area contributed by atoms with Crippen molar-refractivity contribution in [1.29, 1.82) is 0 Å². The van der Waals surface area contributed by atoms with Gasteiger partial charge in [-0.2, -0.15) is 4.98 Å². The summed E-state index contributed by atoms with van der Waals surface area (Å²) in [6.45, 7) is 3.75. The number of allylic oxidation sites excluding steroid dienone is 1. The van der Waals surface area contributed by atoms with Crippen LogP contribution in [0.3, 0.4) is 0 Å². The third-order valence-electron chi connectivity index (χ3n) is 5.56. The maximum Gasteiger partial charge on any atom is 0.338 e. The number of aromatic nitrogens is 3. The molecule has 1 atom stereocenters. The predicted molar refractivity (Wildman–Crippen MR) is 137 cm³/mol. The van der Waals surface area contributed by atoms with Crippen molar-refractivity contribution < 1.29 is 23.8 Å². The second kappa shape index (κ2) is 11.0. The van der Waals surface area contributed by atoms with Crippen LogP contribution in [0.1, 0.15) is 35.8 Å². The minimum absolute atomic E-state index is 0.0788. The number of hydrogen-bond donors (Lipinski definition) is 1. The highest BCUT2D eigenvalue weighted by atomic mass is 35.5. The second-order valence-corrected chi connectivity index (χ2v) is 9.13. The molecule has 2 aromatic carbocycles. The van der Waals surface area contributed by atoms with Gasteiger partial charge < -0.3 is 19.5 Å². The molecule has 11 heteroatoms. The van der Waals surface area contributed by atoms with Crippen molar-refractivity contribution in [3.05, 3.63) is 69.9 Å². The van der Waals surface area contributed by atoms with Crippen molar-refractivity contribution in [2.75, 3.05) is 31.9 Å². The topological polar surface area (TPSA) is 105 Å². The number of ketones is 1. The maximum atomic E-state index is 13.0. The first kappa shape index (κ1) is 25.6. The zero-order valence-corrected chi connectivity index (χ0v) is 21.8. The van der Waals surface area contributed by atoms with E-state index in [9.17, 15) is 9.59 Å². The van der Waals surface area contributed by atoms with E-state index in [0.717, 1.165) is 0 Å². The molecule has 3 aromatic rings. The molecule has 0 bridgehead atoms. The third kappa shape index (κ3) is 5.05. The molecule has 36 heavy (non-hydrogen) atoms. The number of fused-ring (bicyclic) bond motifs is 1. The van der Waals surface area contributed by atoms with Crippen LogP contribution in [-0.4, -0.2) is 53.1 Å². The number of carbonyl (C=O) groups is 2.